The Morgan fingerprint density at radius 3 is 2.35 bits per heavy atom. The van der Waals surface area contributed by atoms with Crippen molar-refractivity contribution in [2.75, 3.05) is 26.2 Å². The molecule has 0 spiro atoms. The quantitative estimate of drug-likeness (QED) is 0.728. The van der Waals surface area contributed by atoms with E-state index in [4.69, 9.17) is 5.73 Å². The SMILES string of the molecule is CCN(CC)CCNC(=O)C1CCC(N)CC1. The number of nitrogens with two attached hydrogens (primary N) is 1. The predicted octanol–water partition coefficient (Wildman–Crippen LogP) is 0.962. The van der Waals surface area contributed by atoms with Gasteiger partial charge in [0.05, 0.1) is 0 Å². The van der Waals surface area contributed by atoms with Gasteiger partial charge in [0.2, 0.25) is 5.91 Å². The fraction of sp³-hybridized carbons (Fsp3) is 0.923. The van der Waals surface area contributed by atoms with Crippen LogP contribution >= 0.6 is 0 Å². The van der Waals surface area contributed by atoms with Gasteiger partial charge < -0.3 is 16.0 Å². The average molecular weight is 241 g/mol. The van der Waals surface area contributed by atoms with Crippen molar-refractivity contribution in [1.29, 1.82) is 0 Å². The van der Waals surface area contributed by atoms with Gasteiger partial charge in [-0.3, -0.25) is 4.79 Å². The lowest BCUT2D eigenvalue weighted by molar-refractivity contribution is -0.126. The van der Waals surface area contributed by atoms with Gasteiger partial charge in [0.15, 0.2) is 0 Å². The van der Waals surface area contributed by atoms with Crippen LogP contribution in [0.1, 0.15) is 39.5 Å². The maximum absolute atomic E-state index is 11.9. The van der Waals surface area contributed by atoms with Gasteiger partial charge in [-0.2, -0.15) is 0 Å². The van der Waals surface area contributed by atoms with Crippen LogP contribution in [0.2, 0.25) is 0 Å². The smallest absolute Gasteiger partial charge is 0.223 e. The summed E-state index contributed by atoms with van der Waals surface area (Å²) in [4.78, 5) is 14.2. The second-order valence-electron chi connectivity index (χ2n) is 4.93. The van der Waals surface area contributed by atoms with Gasteiger partial charge in [-0.25, -0.2) is 0 Å². The molecular weight excluding hydrogens is 214 g/mol. The Balaban J connectivity index is 2.16. The lowest BCUT2D eigenvalue weighted by Crippen LogP contribution is -2.40. The molecule has 0 saturated heterocycles. The van der Waals surface area contributed by atoms with Gasteiger partial charge in [0.1, 0.15) is 0 Å². The molecule has 3 N–H and O–H groups in total. The van der Waals surface area contributed by atoms with Crippen LogP contribution in [-0.4, -0.2) is 43.0 Å². The number of nitrogens with zero attached hydrogens (tertiary/aromatic N) is 1. The van der Waals surface area contributed by atoms with E-state index < -0.39 is 0 Å². The van der Waals surface area contributed by atoms with Crippen molar-refractivity contribution in [3.05, 3.63) is 0 Å². The Bertz CT molecular complexity index is 221. The summed E-state index contributed by atoms with van der Waals surface area (Å²) >= 11 is 0. The first kappa shape index (κ1) is 14.5. The zero-order valence-corrected chi connectivity index (χ0v) is 11.2. The third kappa shape index (κ3) is 5.04. The molecule has 0 bridgehead atoms. The third-order valence-corrected chi connectivity index (χ3v) is 3.76. The number of hydrogen-bond donors (Lipinski definition) is 2. The number of nitrogens with one attached hydrogen (secondary N) is 1. The van der Waals surface area contributed by atoms with E-state index in [0.717, 1.165) is 51.9 Å². The minimum absolute atomic E-state index is 0.200. The molecule has 1 fully saturated rings. The molecular formula is C13H27N3O. The highest BCUT2D eigenvalue weighted by molar-refractivity contribution is 5.78. The number of rotatable bonds is 6. The van der Waals surface area contributed by atoms with Crippen LogP contribution in [0.15, 0.2) is 0 Å². The molecule has 100 valence electrons. The molecule has 0 radical (unpaired) electrons. The van der Waals surface area contributed by atoms with Crippen LogP contribution in [0.25, 0.3) is 0 Å². The van der Waals surface area contributed by atoms with Crippen molar-refractivity contribution in [2.24, 2.45) is 11.7 Å². The molecule has 17 heavy (non-hydrogen) atoms. The molecule has 4 nitrogen and oxygen atoms in total. The van der Waals surface area contributed by atoms with E-state index in [-0.39, 0.29) is 11.8 Å². The van der Waals surface area contributed by atoms with Crippen LogP contribution in [0.4, 0.5) is 0 Å². The Morgan fingerprint density at radius 1 is 1.24 bits per heavy atom. The summed E-state index contributed by atoms with van der Waals surface area (Å²) in [6.45, 7) is 8.10. The Kier molecular flexibility index (Phi) is 6.52. The Morgan fingerprint density at radius 2 is 1.82 bits per heavy atom. The first-order chi connectivity index (χ1) is 8.17. The summed E-state index contributed by atoms with van der Waals surface area (Å²) in [5.41, 5.74) is 5.83. The van der Waals surface area contributed by atoms with Crippen LogP contribution in [0, 0.1) is 5.92 Å². The van der Waals surface area contributed by atoms with Crippen molar-refractivity contribution in [2.45, 2.75) is 45.6 Å². The highest BCUT2D eigenvalue weighted by Crippen LogP contribution is 2.22. The number of likely N-dealkylation sites (N-methyl/N-ethyl adjacent to an activating group) is 1. The standard InChI is InChI=1S/C13H27N3O/c1-3-16(4-2)10-9-15-13(17)11-5-7-12(14)8-6-11/h11-12H,3-10,14H2,1-2H3,(H,15,17). The zero-order valence-electron chi connectivity index (χ0n) is 11.2. The third-order valence-electron chi connectivity index (χ3n) is 3.76. The number of carbonyl (C=O) groups excluding carboxylic acids is 1. The number of carbonyl (C=O) groups is 1. The molecule has 0 aromatic carbocycles. The maximum Gasteiger partial charge on any atom is 0.223 e. The summed E-state index contributed by atoms with van der Waals surface area (Å²) < 4.78 is 0. The second kappa shape index (κ2) is 7.67. The van der Waals surface area contributed by atoms with Crippen LogP contribution in [-0.2, 0) is 4.79 Å². The fourth-order valence-corrected chi connectivity index (χ4v) is 2.40. The van der Waals surface area contributed by atoms with Crippen LogP contribution in [0.3, 0.4) is 0 Å². The summed E-state index contributed by atoms with van der Waals surface area (Å²) in [5.74, 6) is 0.426. The lowest BCUT2D eigenvalue weighted by atomic mass is 9.86. The van der Waals surface area contributed by atoms with Crippen LogP contribution < -0.4 is 11.1 Å². The molecule has 1 amide bonds. The van der Waals surface area contributed by atoms with Crippen LogP contribution in [0.5, 0.6) is 0 Å². The Hall–Kier alpha value is -0.610. The van der Waals surface area contributed by atoms with Crippen molar-refractivity contribution < 1.29 is 4.79 Å². The number of hydrogen-bond acceptors (Lipinski definition) is 3. The van der Waals surface area contributed by atoms with Crippen molar-refractivity contribution in [1.82, 2.24) is 10.2 Å². The van der Waals surface area contributed by atoms with E-state index in [0.29, 0.717) is 6.04 Å². The Labute approximate surface area is 105 Å². The molecule has 1 aliphatic rings. The molecule has 1 saturated carbocycles. The minimum atomic E-state index is 0.200. The molecule has 1 rings (SSSR count). The van der Waals surface area contributed by atoms with E-state index in [1.807, 2.05) is 0 Å². The maximum atomic E-state index is 11.9. The first-order valence-corrected chi connectivity index (χ1v) is 6.93. The van der Waals surface area contributed by atoms with Crippen molar-refractivity contribution >= 4 is 5.91 Å². The summed E-state index contributed by atoms with van der Waals surface area (Å²) in [5, 5.41) is 3.04. The molecule has 0 aromatic rings. The van der Waals surface area contributed by atoms with E-state index in [9.17, 15) is 4.79 Å². The van der Waals surface area contributed by atoms with Gasteiger partial charge in [-0.15, -0.1) is 0 Å². The largest absolute Gasteiger partial charge is 0.355 e. The lowest BCUT2D eigenvalue weighted by Gasteiger charge is -2.25. The van der Waals surface area contributed by atoms with E-state index in [2.05, 4.69) is 24.1 Å². The van der Waals surface area contributed by atoms with E-state index in [1.165, 1.54) is 0 Å². The van der Waals surface area contributed by atoms with Gasteiger partial charge in [-0.1, -0.05) is 13.8 Å². The minimum Gasteiger partial charge on any atom is -0.355 e. The molecule has 0 heterocycles. The molecule has 1 aliphatic carbocycles. The highest BCUT2D eigenvalue weighted by Gasteiger charge is 2.24. The predicted molar refractivity (Wildman–Crippen MR) is 70.7 cm³/mol. The molecule has 4 heteroatoms. The summed E-state index contributed by atoms with van der Waals surface area (Å²) in [6.07, 6.45) is 3.90. The average Bonchev–Trinajstić information content (AvgIpc) is 2.35. The fourth-order valence-electron chi connectivity index (χ4n) is 2.40. The molecule has 0 atom stereocenters. The first-order valence-electron chi connectivity index (χ1n) is 6.93. The van der Waals surface area contributed by atoms with Gasteiger partial charge in [0.25, 0.3) is 0 Å². The van der Waals surface area contributed by atoms with Gasteiger partial charge in [-0.05, 0) is 38.8 Å². The van der Waals surface area contributed by atoms with Crippen molar-refractivity contribution in [3.63, 3.8) is 0 Å². The van der Waals surface area contributed by atoms with E-state index in [1.54, 1.807) is 0 Å². The highest BCUT2D eigenvalue weighted by atomic mass is 16.1. The van der Waals surface area contributed by atoms with Gasteiger partial charge in [0, 0.05) is 25.0 Å². The summed E-state index contributed by atoms with van der Waals surface area (Å²) in [7, 11) is 0. The monoisotopic (exact) mass is 241 g/mol. The topological polar surface area (TPSA) is 58.4 Å². The number of amides is 1. The van der Waals surface area contributed by atoms with Gasteiger partial charge >= 0.3 is 0 Å². The van der Waals surface area contributed by atoms with Crippen molar-refractivity contribution in [3.8, 4) is 0 Å². The summed E-state index contributed by atoms with van der Waals surface area (Å²) in [6, 6.07) is 0.315. The normalized spacial score (nSPS) is 24.9. The van der Waals surface area contributed by atoms with E-state index >= 15 is 0 Å². The molecule has 0 aliphatic heterocycles. The molecule has 0 unspecified atom stereocenters. The second-order valence-corrected chi connectivity index (χ2v) is 4.93. The molecule has 0 aromatic heterocycles. The zero-order chi connectivity index (χ0) is 12.7.